The SMILES string of the molecule is O=C1CCCCC(CCCCO)O1. The summed E-state index contributed by atoms with van der Waals surface area (Å²) >= 11 is 0. The van der Waals surface area contributed by atoms with Crippen molar-refractivity contribution in [3.05, 3.63) is 0 Å². The highest BCUT2D eigenvalue weighted by molar-refractivity contribution is 5.69. The fraction of sp³-hybridized carbons (Fsp3) is 0.900. The zero-order valence-corrected chi connectivity index (χ0v) is 8.00. The van der Waals surface area contributed by atoms with Gasteiger partial charge >= 0.3 is 5.97 Å². The summed E-state index contributed by atoms with van der Waals surface area (Å²) in [5.41, 5.74) is 0. The molecule has 1 unspecified atom stereocenters. The van der Waals surface area contributed by atoms with Crippen LogP contribution >= 0.6 is 0 Å². The molecule has 1 aliphatic rings. The molecule has 0 radical (unpaired) electrons. The normalized spacial score (nSPS) is 23.8. The van der Waals surface area contributed by atoms with Gasteiger partial charge in [0.15, 0.2) is 0 Å². The molecule has 13 heavy (non-hydrogen) atoms. The van der Waals surface area contributed by atoms with Gasteiger partial charge in [0.1, 0.15) is 6.10 Å². The van der Waals surface area contributed by atoms with Gasteiger partial charge in [0.05, 0.1) is 0 Å². The van der Waals surface area contributed by atoms with E-state index in [-0.39, 0.29) is 18.7 Å². The van der Waals surface area contributed by atoms with Crippen molar-refractivity contribution in [3.63, 3.8) is 0 Å². The average Bonchev–Trinajstić information content (AvgIpc) is 2.31. The molecule has 76 valence electrons. The number of hydrogen-bond acceptors (Lipinski definition) is 3. The van der Waals surface area contributed by atoms with Gasteiger partial charge in [-0.3, -0.25) is 4.79 Å². The number of carbonyl (C=O) groups is 1. The Kier molecular flexibility index (Phi) is 4.83. The number of hydrogen-bond donors (Lipinski definition) is 1. The van der Waals surface area contributed by atoms with E-state index in [1.807, 2.05) is 0 Å². The summed E-state index contributed by atoms with van der Waals surface area (Å²) < 4.78 is 5.24. The third-order valence-corrected chi connectivity index (χ3v) is 2.39. The number of cyclic esters (lactones) is 1. The summed E-state index contributed by atoms with van der Waals surface area (Å²) in [7, 11) is 0. The minimum Gasteiger partial charge on any atom is -0.462 e. The molecule has 0 amide bonds. The Morgan fingerprint density at radius 1 is 1.38 bits per heavy atom. The van der Waals surface area contributed by atoms with Gasteiger partial charge in [-0.1, -0.05) is 0 Å². The summed E-state index contributed by atoms with van der Waals surface area (Å²) in [5.74, 6) is -0.0495. The van der Waals surface area contributed by atoms with E-state index in [9.17, 15) is 4.79 Å². The largest absolute Gasteiger partial charge is 0.462 e. The Morgan fingerprint density at radius 3 is 3.00 bits per heavy atom. The molecule has 3 nitrogen and oxygen atoms in total. The number of rotatable bonds is 4. The molecule has 1 aliphatic heterocycles. The molecule has 0 saturated carbocycles. The lowest BCUT2D eigenvalue weighted by Gasteiger charge is -2.13. The predicted molar refractivity (Wildman–Crippen MR) is 49.3 cm³/mol. The fourth-order valence-corrected chi connectivity index (χ4v) is 1.63. The van der Waals surface area contributed by atoms with Crippen LogP contribution in [-0.4, -0.2) is 23.8 Å². The van der Waals surface area contributed by atoms with E-state index >= 15 is 0 Å². The van der Waals surface area contributed by atoms with Crippen molar-refractivity contribution in [3.8, 4) is 0 Å². The summed E-state index contributed by atoms with van der Waals surface area (Å²) in [6.45, 7) is 0.237. The number of ether oxygens (including phenoxy) is 1. The number of aliphatic hydroxyl groups excluding tert-OH is 1. The second-order valence-electron chi connectivity index (χ2n) is 3.58. The lowest BCUT2D eigenvalue weighted by atomic mass is 10.1. The Bertz CT molecular complexity index is 156. The maximum absolute atomic E-state index is 11.1. The van der Waals surface area contributed by atoms with E-state index in [0.717, 1.165) is 38.5 Å². The van der Waals surface area contributed by atoms with Gasteiger partial charge < -0.3 is 9.84 Å². The lowest BCUT2D eigenvalue weighted by Crippen LogP contribution is -2.15. The Labute approximate surface area is 79.1 Å². The van der Waals surface area contributed by atoms with Crippen LogP contribution in [0.1, 0.15) is 44.9 Å². The number of esters is 1. The minimum atomic E-state index is -0.0495. The molecule has 0 spiro atoms. The van der Waals surface area contributed by atoms with Crippen LogP contribution in [0.5, 0.6) is 0 Å². The van der Waals surface area contributed by atoms with Crippen molar-refractivity contribution in [1.82, 2.24) is 0 Å². The molecule has 0 bridgehead atoms. The van der Waals surface area contributed by atoms with Crippen LogP contribution in [-0.2, 0) is 9.53 Å². The molecule has 0 aliphatic carbocycles. The van der Waals surface area contributed by atoms with Gasteiger partial charge in [-0.2, -0.15) is 0 Å². The second kappa shape index (κ2) is 5.97. The first-order valence-electron chi connectivity index (χ1n) is 5.13. The van der Waals surface area contributed by atoms with Crippen molar-refractivity contribution in [2.45, 2.75) is 51.0 Å². The van der Waals surface area contributed by atoms with Gasteiger partial charge in [-0.25, -0.2) is 0 Å². The van der Waals surface area contributed by atoms with Gasteiger partial charge in [-0.05, 0) is 38.5 Å². The molecular weight excluding hydrogens is 168 g/mol. The van der Waals surface area contributed by atoms with Crippen molar-refractivity contribution < 1.29 is 14.6 Å². The van der Waals surface area contributed by atoms with E-state index < -0.39 is 0 Å². The zero-order valence-electron chi connectivity index (χ0n) is 8.00. The molecular formula is C10H18O3. The molecule has 0 aromatic heterocycles. The highest BCUT2D eigenvalue weighted by Gasteiger charge is 2.17. The van der Waals surface area contributed by atoms with Gasteiger partial charge in [0.25, 0.3) is 0 Å². The molecule has 1 heterocycles. The summed E-state index contributed by atoms with van der Waals surface area (Å²) in [4.78, 5) is 11.1. The second-order valence-corrected chi connectivity index (χ2v) is 3.58. The number of aliphatic hydroxyl groups is 1. The third kappa shape index (κ3) is 4.27. The molecule has 1 rings (SSSR count). The third-order valence-electron chi connectivity index (χ3n) is 2.39. The maximum atomic E-state index is 11.1. The monoisotopic (exact) mass is 186 g/mol. The maximum Gasteiger partial charge on any atom is 0.306 e. The van der Waals surface area contributed by atoms with Crippen molar-refractivity contribution in [1.29, 1.82) is 0 Å². The molecule has 1 fully saturated rings. The Hall–Kier alpha value is -0.570. The highest BCUT2D eigenvalue weighted by atomic mass is 16.5. The van der Waals surface area contributed by atoms with Crippen LogP contribution in [0.4, 0.5) is 0 Å². The van der Waals surface area contributed by atoms with Crippen molar-refractivity contribution in [2.75, 3.05) is 6.61 Å². The van der Waals surface area contributed by atoms with Crippen LogP contribution in [0.3, 0.4) is 0 Å². The van der Waals surface area contributed by atoms with Crippen LogP contribution < -0.4 is 0 Å². The van der Waals surface area contributed by atoms with Crippen LogP contribution in [0, 0.1) is 0 Å². The van der Waals surface area contributed by atoms with E-state index in [1.165, 1.54) is 0 Å². The molecule has 3 heteroatoms. The van der Waals surface area contributed by atoms with E-state index in [1.54, 1.807) is 0 Å². The Balaban J connectivity index is 2.19. The summed E-state index contributed by atoms with van der Waals surface area (Å²) in [6.07, 6.45) is 6.43. The molecule has 1 saturated heterocycles. The molecule has 0 aromatic carbocycles. The van der Waals surface area contributed by atoms with Gasteiger partial charge in [0, 0.05) is 13.0 Å². The fourth-order valence-electron chi connectivity index (χ4n) is 1.63. The Morgan fingerprint density at radius 2 is 2.23 bits per heavy atom. The standard InChI is InChI=1S/C10H18O3/c11-8-4-3-6-9-5-1-2-7-10(12)13-9/h9,11H,1-8H2. The minimum absolute atomic E-state index is 0.0495. The van der Waals surface area contributed by atoms with Crippen molar-refractivity contribution >= 4 is 5.97 Å². The van der Waals surface area contributed by atoms with Crippen molar-refractivity contribution in [2.24, 2.45) is 0 Å². The predicted octanol–water partition coefficient (Wildman–Crippen LogP) is 1.63. The quantitative estimate of drug-likeness (QED) is 0.536. The smallest absolute Gasteiger partial charge is 0.306 e. The van der Waals surface area contributed by atoms with E-state index in [0.29, 0.717) is 6.42 Å². The first-order chi connectivity index (χ1) is 6.33. The highest BCUT2D eigenvalue weighted by Crippen LogP contribution is 2.18. The van der Waals surface area contributed by atoms with Crippen LogP contribution in [0.2, 0.25) is 0 Å². The lowest BCUT2D eigenvalue weighted by molar-refractivity contribution is -0.148. The van der Waals surface area contributed by atoms with Gasteiger partial charge in [0.2, 0.25) is 0 Å². The molecule has 1 N–H and O–H groups in total. The first kappa shape index (κ1) is 10.5. The van der Waals surface area contributed by atoms with E-state index in [2.05, 4.69) is 0 Å². The molecule has 1 atom stereocenters. The summed E-state index contributed by atoms with van der Waals surface area (Å²) in [5, 5.41) is 8.60. The summed E-state index contributed by atoms with van der Waals surface area (Å²) in [6, 6.07) is 0. The first-order valence-corrected chi connectivity index (χ1v) is 5.13. The molecule has 0 aromatic rings. The number of carbonyl (C=O) groups excluding carboxylic acids is 1. The average molecular weight is 186 g/mol. The van der Waals surface area contributed by atoms with Crippen LogP contribution in [0.15, 0.2) is 0 Å². The van der Waals surface area contributed by atoms with Gasteiger partial charge in [-0.15, -0.1) is 0 Å². The van der Waals surface area contributed by atoms with E-state index in [4.69, 9.17) is 9.84 Å². The topological polar surface area (TPSA) is 46.5 Å². The number of unbranched alkanes of at least 4 members (excludes halogenated alkanes) is 1. The zero-order chi connectivity index (χ0) is 9.52. The van der Waals surface area contributed by atoms with Crippen LogP contribution in [0.25, 0.3) is 0 Å².